The Morgan fingerprint density at radius 1 is 1.18 bits per heavy atom. The third-order valence-corrected chi connectivity index (χ3v) is 4.47. The molecule has 1 fully saturated rings. The highest BCUT2D eigenvalue weighted by atomic mass is 32.2. The molecule has 1 heterocycles. The van der Waals surface area contributed by atoms with Gasteiger partial charge in [0.1, 0.15) is 5.75 Å². The molecule has 6 heteroatoms. The Kier molecular flexibility index (Phi) is 6.58. The van der Waals surface area contributed by atoms with Crippen molar-refractivity contribution in [3.8, 4) is 5.75 Å². The van der Waals surface area contributed by atoms with Gasteiger partial charge in [-0.25, -0.2) is 0 Å². The SMILES string of the molecule is COc1ccccc1NC(=O)CSCC(=O)N1CCCCC1. The number of thioether (sulfide) groups is 1. The maximum absolute atomic E-state index is 12.0. The minimum absolute atomic E-state index is 0.124. The Hall–Kier alpha value is -1.69. The lowest BCUT2D eigenvalue weighted by atomic mass is 10.1. The Labute approximate surface area is 135 Å². The number of rotatable bonds is 6. The van der Waals surface area contributed by atoms with Gasteiger partial charge in [-0.05, 0) is 31.4 Å². The summed E-state index contributed by atoms with van der Waals surface area (Å²) in [5, 5.41) is 2.81. The molecule has 2 rings (SSSR count). The zero-order valence-corrected chi connectivity index (χ0v) is 13.7. The standard InChI is InChI=1S/C16H22N2O3S/c1-21-14-8-4-3-7-13(14)17-15(19)11-22-12-16(20)18-9-5-2-6-10-18/h3-4,7-8H,2,5-6,9-12H2,1H3,(H,17,19). The summed E-state index contributed by atoms with van der Waals surface area (Å²) < 4.78 is 5.19. The number of nitrogens with one attached hydrogen (secondary N) is 1. The fourth-order valence-corrected chi connectivity index (χ4v) is 3.12. The summed E-state index contributed by atoms with van der Waals surface area (Å²) in [5.41, 5.74) is 0.651. The molecule has 2 amide bonds. The molecule has 120 valence electrons. The van der Waals surface area contributed by atoms with Crippen LogP contribution in [0.3, 0.4) is 0 Å². The maximum atomic E-state index is 12.0. The molecular formula is C16H22N2O3S. The first-order valence-corrected chi connectivity index (χ1v) is 8.64. The van der Waals surface area contributed by atoms with E-state index >= 15 is 0 Å². The van der Waals surface area contributed by atoms with Crippen LogP contribution in [-0.2, 0) is 9.59 Å². The van der Waals surface area contributed by atoms with Crippen LogP contribution in [0.15, 0.2) is 24.3 Å². The third kappa shape index (κ3) is 4.94. The molecule has 1 aliphatic rings. The van der Waals surface area contributed by atoms with E-state index in [9.17, 15) is 9.59 Å². The van der Waals surface area contributed by atoms with Crippen molar-refractivity contribution in [1.82, 2.24) is 4.90 Å². The van der Waals surface area contributed by atoms with Crippen molar-refractivity contribution in [1.29, 1.82) is 0 Å². The predicted octanol–water partition coefficient (Wildman–Crippen LogP) is 2.38. The van der Waals surface area contributed by atoms with Crippen LogP contribution in [0.5, 0.6) is 5.75 Å². The normalized spacial score (nSPS) is 14.5. The second kappa shape index (κ2) is 8.68. The molecule has 0 aromatic heterocycles. The number of methoxy groups -OCH3 is 1. The fraction of sp³-hybridized carbons (Fsp3) is 0.500. The van der Waals surface area contributed by atoms with Gasteiger partial charge in [0.05, 0.1) is 24.3 Å². The molecule has 0 bridgehead atoms. The van der Waals surface area contributed by atoms with E-state index in [1.807, 2.05) is 17.0 Å². The van der Waals surface area contributed by atoms with E-state index in [4.69, 9.17) is 4.74 Å². The zero-order valence-electron chi connectivity index (χ0n) is 12.8. The fourth-order valence-electron chi connectivity index (χ4n) is 2.40. The number of amides is 2. The summed E-state index contributed by atoms with van der Waals surface area (Å²) >= 11 is 1.35. The molecule has 1 saturated heterocycles. The van der Waals surface area contributed by atoms with Crippen LogP contribution in [0.1, 0.15) is 19.3 Å². The van der Waals surface area contributed by atoms with Gasteiger partial charge in [0.25, 0.3) is 0 Å². The third-order valence-electron chi connectivity index (χ3n) is 3.55. The van der Waals surface area contributed by atoms with Gasteiger partial charge in [-0.1, -0.05) is 12.1 Å². The smallest absolute Gasteiger partial charge is 0.234 e. The van der Waals surface area contributed by atoms with Crippen LogP contribution in [0.2, 0.25) is 0 Å². The Morgan fingerprint density at radius 2 is 1.91 bits per heavy atom. The number of para-hydroxylation sites is 2. The number of benzene rings is 1. The first kappa shape index (κ1) is 16.7. The van der Waals surface area contributed by atoms with E-state index in [1.54, 1.807) is 19.2 Å². The summed E-state index contributed by atoms with van der Waals surface area (Å²) in [6, 6.07) is 7.27. The van der Waals surface area contributed by atoms with Crippen molar-refractivity contribution in [2.45, 2.75) is 19.3 Å². The van der Waals surface area contributed by atoms with Crippen molar-refractivity contribution in [3.05, 3.63) is 24.3 Å². The number of piperidine rings is 1. The van der Waals surface area contributed by atoms with Crippen molar-refractivity contribution < 1.29 is 14.3 Å². The molecule has 1 aliphatic heterocycles. The van der Waals surface area contributed by atoms with Crippen LogP contribution in [-0.4, -0.2) is 48.4 Å². The van der Waals surface area contributed by atoms with Gasteiger partial charge in [-0.15, -0.1) is 11.8 Å². The largest absolute Gasteiger partial charge is 0.495 e. The number of likely N-dealkylation sites (tertiary alicyclic amines) is 1. The van der Waals surface area contributed by atoms with Crippen LogP contribution in [0, 0.1) is 0 Å². The van der Waals surface area contributed by atoms with Crippen molar-refractivity contribution in [2.75, 3.05) is 37.0 Å². The number of anilines is 1. The minimum Gasteiger partial charge on any atom is -0.495 e. The number of hydrogen-bond acceptors (Lipinski definition) is 4. The molecule has 1 N–H and O–H groups in total. The van der Waals surface area contributed by atoms with Crippen molar-refractivity contribution in [3.63, 3.8) is 0 Å². The number of carbonyl (C=O) groups excluding carboxylic acids is 2. The first-order valence-electron chi connectivity index (χ1n) is 7.49. The summed E-state index contributed by atoms with van der Waals surface area (Å²) in [4.78, 5) is 25.8. The minimum atomic E-state index is -0.124. The lowest BCUT2D eigenvalue weighted by Gasteiger charge is -2.26. The average molecular weight is 322 g/mol. The molecular weight excluding hydrogens is 300 g/mol. The predicted molar refractivity (Wildman–Crippen MR) is 89.4 cm³/mol. The van der Waals surface area contributed by atoms with E-state index < -0.39 is 0 Å². The molecule has 1 aromatic rings. The first-order chi connectivity index (χ1) is 10.7. The number of ether oxygens (including phenoxy) is 1. The van der Waals surface area contributed by atoms with E-state index in [0.717, 1.165) is 25.9 Å². The highest BCUT2D eigenvalue weighted by Gasteiger charge is 2.16. The van der Waals surface area contributed by atoms with Crippen molar-refractivity contribution >= 4 is 29.3 Å². The summed E-state index contributed by atoms with van der Waals surface area (Å²) in [6.45, 7) is 1.71. The van der Waals surface area contributed by atoms with Gasteiger partial charge < -0.3 is 15.0 Å². The molecule has 22 heavy (non-hydrogen) atoms. The number of carbonyl (C=O) groups is 2. The molecule has 5 nitrogen and oxygen atoms in total. The second-order valence-electron chi connectivity index (χ2n) is 5.18. The number of nitrogens with zero attached hydrogens (tertiary/aromatic N) is 1. The molecule has 0 radical (unpaired) electrons. The zero-order chi connectivity index (χ0) is 15.8. The maximum Gasteiger partial charge on any atom is 0.234 e. The van der Waals surface area contributed by atoms with Crippen LogP contribution < -0.4 is 10.1 Å². The highest BCUT2D eigenvalue weighted by Crippen LogP contribution is 2.23. The molecule has 0 atom stereocenters. The average Bonchev–Trinajstić information content (AvgIpc) is 2.56. The van der Waals surface area contributed by atoms with Gasteiger partial charge in [0, 0.05) is 13.1 Å². The second-order valence-corrected chi connectivity index (χ2v) is 6.17. The summed E-state index contributed by atoms with van der Waals surface area (Å²) in [7, 11) is 1.57. The lowest BCUT2D eigenvalue weighted by molar-refractivity contribution is -0.129. The molecule has 0 unspecified atom stereocenters. The molecule has 0 aliphatic carbocycles. The highest BCUT2D eigenvalue weighted by molar-refractivity contribution is 8.00. The van der Waals surface area contributed by atoms with Gasteiger partial charge in [-0.3, -0.25) is 9.59 Å². The topological polar surface area (TPSA) is 58.6 Å². The monoisotopic (exact) mass is 322 g/mol. The van der Waals surface area contributed by atoms with Gasteiger partial charge >= 0.3 is 0 Å². The van der Waals surface area contributed by atoms with E-state index in [2.05, 4.69) is 5.32 Å². The van der Waals surface area contributed by atoms with Crippen LogP contribution in [0.25, 0.3) is 0 Å². The summed E-state index contributed by atoms with van der Waals surface area (Å²) in [5.74, 6) is 1.26. The Bertz CT molecular complexity index is 516. The number of hydrogen-bond donors (Lipinski definition) is 1. The summed E-state index contributed by atoms with van der Waals surface area (Å²) in [6.07, 6.45) is 3.38. The van der Waals surface area contributed by atoms with Gasteiger partial charge in [0.2, 0.25) is 11.8 Å². The van der Waals surface area contributed by atoms with E-state index in [0.29, 0.717) is 17.2 Å². The van der Waals surface area contributed by atoms with Crippen molar-refractivity contribution in [2.24, 2.45) is 0 Å². The van der Waals surface area contributed by atoms with Crippen LogP contribution >= 0.6 is 11.8 Å². The van der Waals surface area contributed by atoms with Gasteiger partial charge in [-0.2, -0.15) is 0 Å². The van der Waals surface area contributed by atoms with E-state index in [1.165, 1.54) is 18.2 Å². The Morgan fingerprint density at radius 3 is 2.64 bits per heavy atom. The molecule has 0 saturated carbocycles. The van der Waals surface area contributed by atoms with Crippen LogP contribution in [0.4, 0.5) is 5.69 Å². The quantitative estimate of drug-likeness (QED) is 0.873. The molecule has 1 aromatic carbocycles. The Balaban J connectivity index is 1.72. The van der Waals surface area contributed by atoms with E-state index in [-0.39, 0.29) is 17.6 Å². The van der Waals surface area contributed by atoms with Gasteiger partial charge in [0.15, 0.2) is 0 Å². The lowest BCUT2D eigenvalue weighted by Crippen LogP contribution is -2.37. The molecule has 0 spiro atoms.